The number of thiophene rings is 1. The Morgan fingerprint density at radius 2 is 2.16 bits per heavy atom. The maximum atomic E-state index is 6.02. The Balaban J connectivity index is 1.95. The van der Waals surface area contributed by atoms with Gasteiger partial charge in [0.25, 0.3) is 0 Å². The van der Waals surface area contributed by atoms with Gasteiger partial charge in [-0.2, -0.15) is 0 Å². The van der Waals surface area contributed by atoms with Crippen LogP contribution in [0.25, 0.3) is 0 Å². The van der Waals surface area contributed by atoms with Crippen molar-refractivity contribution in [3.63, 3.8) is 0 Å². The molecule has 0 radical (unpaired) electrons. The average molecular weight is 282 g/mol. The van der Waals surface area contributed by atoms with Crippen LogP contribution in [0.2, 0.25) is 0 Å². The lowest BCUT2D eigenvalue weighted by atomic mass is 9.96. The summed E-state index contributed by atoms with van der Waals surface area (Å²) in [7, 11) is 1.80. The van der Waals surface area contributed by atoms with Gasteiger partial charge in [0.05, 0.1) is 6.04 Å². The van der Waals surface area contributed by atoms with Crippen molar-refractivity contribution >= 4 is 11.3 Å². The van der Waals surface area contributed by atoms with E-state index in [-0.39, 0.29) is 0 Å². The first-order valence-corrected chi connectivity index (χ1v) is 8.11. The molecule has 2 N–H and O–H groups in total. The molecule has 0 aliphatic carbocycles. The molecule has 1 aliphatic heterocycles. The molecule has 4 heteroatoms. The zero-order chi connectivity index (χ0) is 13.7. The molecule has 1 aromatic rings. The van der Waals surface area contributed by atoms with Crippen molar-refractivity contribution in [2.24, 2.45) is 11.7 Å². The fourth-order valence-corrected chi connectivity index (χ4v) is 3.98. The highest BCUT2D eigenvalue weighted by Crippen LogP contribution is 2.30. The lowest BCUT2D eigenvalue weighted by Crippen LogP contribution is -2.40. The zero-order valence-electron chi connectivity index (χ0n) is 12.1. The molecule has 0 amide bonds. The fourth-order valence-electron chi connectivity index (χ4n) is 2.88. The lowest BCUT2D eigenvalue weighted by Gasteiger charge is -2.36. The van der Waals surface area contributed by atoms with E-state index >= 15 is 0 Å². The van der Waals surface area contributed by atoms with Crippen LogP contribution in [-0.2, 0) is 11.2 Å². The van der Waals surface area contributed by atoms with E-state index in [1.807, 2.05) is 11.3 Å². The number of piperidine rings is 1. The highest BCUT2D eigenvalue weighted by atomic mass is 32.1. The van der Waals surface area contributed by atoms with Crippen molar-refractivity contribution in [2.45, 2.75) is 32.2 Å². The number of methoxy groups -OCH3 is 1. The third-order valence-corrected chi connectivity index (χ3v) is 5.41. The quantitative estimate of drug-likeness (QED) is 0.872. The predicted octanol–water partition coefficient (Wildman–Crippen LogP) is 2.67. The summed E-state index contributed by atoms with van der Waals surface area (Å²) in [5.41, 5.74) is 6.02. The normalized spacial score (nSPS) is 19.7. The molecule has 1 fully saturated rings. The minimum absolute atomic E-state index is 0.411. The second-order valence-electron chi connectivity index (χ2n) is 5.34. The molecule has 1 aliphatic rings. The van der Waals surface area contributed by atoms with Crippen molar-refractivity contribution in [2.75, 3.05) is 33.4 Å². The fraction of sp³-hybridized carbons (Fsp3) is 0.733. The van der Waals surface area contributed by atoms with Crippen LogP contribution in [0.15, 0.2) is 12.1 Å². The van der Waals surface area contributed by atoms with Crippen LogP contribution in [0, 0.1) is 5.92 Å². The minimum Gasteiger partial charge on any atom is -0.384 e. The molecular weight excluding hydrogens is 256 g/mol. The Morgan fingerprint density at radius 3 is 2.68 bits per heavy atom. The summed E-state index contributed by atoms with van der Waals surface area (Å²) < 4.78 is 5.26. The van der Waals surface area contributed by atoms with Crippen molar-refractivity contribution < 1.29 is 4.74 Å². The van der Waals surface area contributed by atoms with Crippen LogP contribution in [0.3, 0.4) is 0 Å². The molecule has 108 valence electrons. The molecule has 19 heavy (non-hydrogen) atoms. The molecule has 2 heterocycles. The Labute approximate surface area is 120 Å². The summed E-state index contributed by atoms with van der Waals surface area (Å²) in [6, 6.07) is 4.93. The molecule has 3 nitrogen and oxygen atoms in total. The summed E-state index contributed by atoms with van der Waals surface area (Å²) in [5, 5.41) is 0. The molecule has 1 aromatic heterocycles. The van der Waals surface area contributed by atoms with E-state index in [0.717, 1.165) is 38.6 Å². The highest BCUT2D eigenvalue weighted by molar-refractivity contribution is 7.12. The summed E-state index contributed by atoms with van der Waals surface area (Å²) in [6.45, 7) is 6.13. The third-order valence-electron chi connectivity index (χ3n) is 4.07. The van der Waals surface area contributed by atoms with Crippen LogP contribution < -0.4 is 5.73 Å². The van der Waals surface area contributed by atoms with Crippen LogP contribution in [0.4, 0.5) is 0 Å². The Morgan fingerprint density at radius 1 is 1.42 bits per heavy atom. The van der Waals surface area contributed by atoms with Gasteiger partial charge < -0.3 is 10.5 Å². The molecule has 0 bridgehead atoms. The van der Waals surface area contributed by atoms with E-state index in [1.165, 1.54) is 22.6 Å². The zero-order valence-corrected chi connectivity index (χ0v) is 12.9. The predicted molar refractivity (Wildman–Crippen MR) is 81.7 cm³/mol. The molecule has 0 aromatic carbocycles. The van der Waals surface area contributed by atoms with Gasteiger partial charge in [-0.1, -0.05) is 6.92 Å². The number of rotatable bonds is 6. The third kappa shape index (κ3) is 3.78. The number of likely N-dealkylation sites (tertiary alicyclic amines) is 1. The maximum absolute atomic E-state index is 6.02. The Hall–Kier alpha value is -0.420. The second kappa shape index (κ2) is 7.39. The Bertz CT molecular complexity index is 372. The summed E-state index contributed by atoms with van der Waals surface area (Å²) in [6.07, 6.45) is 3.59. The van der Waals surface area contributed by atoms with Crippen LogP contribution in [0.5, 0.6) is 0 Å². The number of nitrogens with two attached hydrogens (primary N) is 1. The van der Waals surface area contributed by atoms with E-state index in [0.29, 0.717) is 6.04 Å². The first-order valence-electron chi connectivity index (χ1n) is 7.30. The van der Waals surface area contributed by atoms with Gasteiger partial charge in [-0.05, 0) is 50.4 Å². The van der Waals surface area contributed by atoms with Crippen LogP contribution >= 0.6 is 11.3 Å². The summed E-state index contributed by atoms with van der Waals surface area (Å²) >= 11 is 1.92. The van der Waals surface area contributed by atoms with Gasteiger partial charge >= 0.3 is 0 Å². The van der Waals surface area contributed by atoms with E-state index in [9.17, 15) is 0 Å². The van der Waals surface area contributed by atoms with Crippen molar-refractivity contribution in [1.82, 2.24) is 4.90 Å². The summed E-state index contributed by atoms with van der Waals surface area (Å²) in [5.74, 6) is 0.731. The van der Waals surface area contributed by atoms with Gasteiger partial charge in [0.15, 0.2) is 0 Å². The van der Waals surface area contributed by atoms with Gasteiger partial charge in [0, 0.05) is 30.0 Å². The lowest BCUT2D eigenvalue weighted by molar-refractivity contribution is 0.0818. The summed E-state index contributed by atoms with van der Waals surface area (Å²) in [4.78, 5) is 5.45. The minimum atomic E-state index is 0.411. The molecular formula is C15H26N2OS. The molecule has 1 unspecified atom stereocenters. The van der Waals surface area contributed by atoms with E-state index in [2.05, 4.69) is 24.0 Å². The topological polar surface area (TPSA) is 38.5 Å². The standard InChI is InChI=1S/C15H26N2OS/c1-3-13-4-5-15(19-13)14(10-16)17-8-6-12(7-9-17)11-18-2/h4-5,12,14H,3,6-11,16H2,1-2H3. The number of hydrogen-bond acceptors (Lipinski definition) is 4. The monoisotopic (exact) mass is 282 g/mol. The number of nitrogens with zero attached hydrogens (tertiary/aromatic N) is 1. The van der Waals surface area contributed by atoms with Crippen molar-refractivity contribution in [1.29, 1.82) is 0 Å². The van der Waals surface area contributed by atoms with Crippen molar-refractivity contribution in [3.8, 4) is 0 Å². The van der Waals surface area contributed by atoms with Gasteiger partial charge in [-0.25, -0.2) is 0 Å². The van der Waals surface area contributed by atoms with Gasteiger partial charge in [0.2, 0.25) is 0 Å². The van der Waals surface area contributed by atoms with Crippen molar-refractivity contribution in [3.05, 3.63) is 21.9 Å². The van der Waals surface area contributed by atoms with E-state index in [4.69, 9.17) is 10.5 Å². The number of hydrogen-bond donors (Lipinski definition) is 1. The molecule has 2 rings (SSSR count). The number of aryl methyl sites for hydroxylation is 1. The van der Waals surface area contributed by atoms with E-state index < -0.39 is 0 Å². The molecule has 1 saturated heterocycles. The van der Waals surface area contributed by atoms with Crippen LogP contribution in [-0.4, -0.2) is 38.3 Å². The average Bonchev–Trinajstić information content (AvgIpc) is 2.91. The van der Waals surface area contributed by atoms with Gasteiger partial charge in [0.1, 0.15) is 0 Å². The van der Waals surface area contributed by atoms with Crippen LogP contribution in [0.1, 0.15) is 35.6 Å². The first-order chi connectivity index (χ1) is 9.28. The molecule has 1 atom stereocenters. The smallest absolute Gasteiger partial charge is 0.0564 e. The molecule has 0 saturated carbocycles. The highest BCUT2D eigenvalue weighted by Gasteiger charge is 2.26. The first kappa shape index (κ1) is 15.0. The Kier molecular flexibility index (Phi) is 5.82. The largest absolute Gasteiger partial charge is 0.384 e. The van der Waals surface area contributed by atoms with Gasteiger partial charge in [-0.3, -0.25) is 4.90 Å². The molecule has 0 spiro atoms. The number of ether oxygens (including phenoxy) is 1. The maximum Gasteiger partial charge on any atom is 0.0564 e. The van der Waals surface area contributed by atoms with E-state index in [1.54, 1.807) is 7.11 Å². The second-order valence-corrected chi connectivity index (χ2v) is 6.54. The van der Waals surface area contributed by atoms with Gasteiger partial charge in [-0.15, -0.1) is 11.3 Å². The SMILES string of the molecule is CCc1ccc(C(CN)N2CCC(COC)CC2)s1.